The van der Waals surface area contributed by atoms with E-state index in [2.05, 4.69) is 85.3 Å². The van der Waals surface area contributed by atoms with Crippen LogP contribution in [0.1, 0.15) is 40.8 Å². The van der Waals surface area contributed by atoms with Gasteiger partial charge in [-0.05, 0) is 50.1 Å². The SMILES string of the molecule is CCNC(c1cc(C)cc(C)c1)c1ccc(C)c(Br)c1. The van der Waals surface area contributed by atoms with Gasteiger partial charge in [-0.15, -0.1) is 0 Å². The number of nitrogens with one attached hydrogen (secondary N) is 1. The summed E-state index contributed by atoms with van der Waals surface area (Å²) in [4.78, 5) is 0. The summed E-state index contributed by atoms with van der Waals surface area (Å²) in [5.74, 6) is 0. The highest BCUT2D eigenvalue weighted by Gasteiger charge is 2.14. The van der Waals surface area contributed by atoms with Gasteiger partial charge in [0.25, 0.3) is 0 Å². The molecule has 20 heavy (non-hydrogen) atoms. The van der Waals surface area contributed by atoms with Crippen molar-refractivity contribution in [3.05, 3.63) is 68.7 Å². The molecule has 0 radical (unpaired) electrons. The second-order valence-electron chi connectivity index (χ2n) is 5.42. The summed E-state index contributed by atoms with van der Waals surface area (Å²) in [5, 5.41) is 3.60. The quantitative estimate of drug-likeness (QED) is 0.824. The third-order valence-corrected chi connectivity index (χ3v) is 4.37. The van der Waals surface area contributed by atoms with Gasteiger partial charge in [0.15, 0.2) is 0 Å². The fourth-order valence-corrected chi connectivity index (χ4v) is 2.99. The van der Waals surface area contributed by atoms with Crippen LogP contribution in [0, 0.1) is 20.8 Å². The van der Waals surface area contributed by atoms with Gasteiger partial charge < -0.3 is 5.32 Å². The minimum absolute atomic E-state index is 0.246. The van der Waals surface area contributed by atoms with Gasteiger partial charge in [0.1, 0.15) is 0 Å². The normalized spacial score (nSPS) is 12.4. The first-order valence-electron chi connectivity index (χ1n) is 7.09. The summed E-state index contributed by atoms with van der Waals surface area (Å²) < 4.78 is 1.17. The maximum atomic E-state index is 3.64. The molecule has 0 aliphatic heterocycles. The van der Waals surface area contributed by atoms with E-state index < -0.39 is 0 Å². The molecule has 0 saturated carbocycles. The molecule has 2 heteroatoms. The summed E-state index contributed by atoms with van der Waals surface area (Å²) in [7, 11) is 0. The highest BCUT2D eigenvalue weighted by Crippen LogP contribution is 2.27. The average molecular weight is 332 g/mol. The second-order valence-corrected chi connectivity index (χ2v) is 6.27. The van der Waals surface area contributed by atoms with E-state index in [4.69, 9.17) is 0 Å². The maximum absolute atomic E-state index is 3.64. The Labute approximate surface area is 130 Å². The van der Waals surface area contributed by atoms with E-state index in [0.717, 1.165) is 6.54 Å². The largest absolute Gasteiger partial charge is 0.307 e. The Hall–Kier alpha value is -1.12. The lowest BCUT2D eigenvalue weighted by Gasteiger charge is -2.21. The van der Waals surface area contributed by atoms with Crippen LogP contribution in [0.3, 0.4) is 0 Å². The lowest BCUT2D eigenvalue weighted by atomic mass is 9.95. The lowest BCUT2D eigenvalue weighted by Crippen LogP contribution is -2.22. The minimum atomic E-state index is 0.246. The molecule has 0 spiro atoms. The molecule has 0 amide bonds. The smallest absolute Gasteiger partial charge is 0.0577 e. The molecule has 2 aromatic rings. The van der Waals surface area contributed by atoms with Crippen LogP contribution in [-0.2, 0) is 0 Å². The Morgan fingerprint density at radius 2 is 1.60 bits per heavy atom. The first kappa shape index (κ1) is 15.3. The van der Waals surface area contributed by atoms with Crippen LogP contribution in [0.2, 0.25) is 0 Å². The van der Waals surface area contributed by atoms with Crippen LogP contribution in [0.25, 0.3) is 0 Å². The minimum Gasteiger partial charge on any atom is -0.307 e. The molecule has 1 atom stereocenters. The Morgan fingerprint density at radius 1 is 0.950 bits per heavy atom. The van der Waals surface area contributed by atoms with Gasteiger partial charge >= 0.3 is 0 Å². The van der Waals surface area contributed by atoms with Crippen molar-refractivity contribution in [2.45, 2.75) is 33.7 Å². The van der Waals surface area contributed by atoms with E-state index in [1.165, 1.54) is 32.3 Å². The van der Waals surface area contributed by atoms with Crippen LogP contribution >= 0.6 is 15.9 Å². The Morgan fingerprint density at radius 3 is 2.15 bits per heavy atom. The molecule has 0 heterocycles. The average Bonchev–Trinajstić information content (AvgIpc) is 2.38. The topological polar surface area (TPSA) is 12.0 Å². The monoisotopic (exact) mass is 331 g/mol. The van der Waals surface area contributed by atoms with Crippen LogP contribution in [0.15, 0.2) is 40.9 Å². The first-order valence-corrected chi connectivity index (χ1v) is 7.88. The van der Waals surface area contributed by atoms with Crippen molar-refractivity contribution in [1.82, 2.24) is 5.32 Å². The summed E-state index contributed by atoms with van der Waals surface area (Å²) in [5.41, 5.74) is 6.53. The van der Waals surface area contributed by atoms with Gasteiger partial charge in [0, 0.05) is 4.47 Å². The molecule has 0 bridgehead atoms. The maximum Gasteiger partial charge on any atom is 0.0577 e. The van der Waals surface area contributed by atoms with Crippen LogP contribution in [0.4, 0.5) is 0 Å². The summed E-state index contributed by atoms with van der Waals surface area (Å²) >= 11 is 3.64. The van der Waals surface area contributed by atoms with E-state index in [1.54, 1.807) is 0 Å². The highest BCUT2D eigenvalue weighted by atomic mass is 79.9. The molecule has 1 nitrogen and oxygen atoms in total. The Bertz CT molecular complexity index is 584. The van der Waals surface area contributed by atoms with E-state index in [0.29, 0.717) is 0 Å². The van der Waals surface area contributed by atoms with Crippen molar-refractivity contribution in [2.24, 2.45) is 0 Å². The molecule has 1 N–H and O–H groups in total. The van der Waals surface area contributed by atoms with Crippen molar-refractivity contribution in [1.29, 1.82) is 0 Å². The molecule has 0 saturated heterocycles. The molecule has 0 aliphatic rings. The molecule has 106 valence electrons. The van der Waals surface area contributed by atoms with Crippen molar-refractivity contribution < 1.29 is 0 Å². The number of halogens is 1. The molecule has 0 aromatic heterocycles. The highest BCUT2D eigenvalue weighted by molar-refractivity contribution is 9.10. The molecule has 0 aliphatic carbocycles. The van der Waals surface area contributed by atoms with Gasteiger partial charge in [0.05, 0.1) is 6.04 Å². The zero-order valence-electron chi connectivity index (χ0n) is 12.6. The summed E-state index contributed by atoms with van der Waals surface area (Å²) in [6, 6.07) is 13.6. The van der Waals surface area contributed by atoms with Gasteiger partial charge in [-0.2, -0.15) is 0 Å². The summed E-state index contributed by atoms with van der Waals surface area (Å²) in [6.45, 7) is 9.53. The molecule has 2 rings (SSSR count). The van der Waals surface area contributed by atoms with Gasteiger partial charge in [0.2, 0.25) is 0 Å². The number of aryl methyl sites for hydroxylation is 3. The molecular weight excluding hydrogens is 310 g/mol. The van der Waals surface area contributed by atoms with Crippen LogP contribution in [0.5, 0.6) is 0 Å². The van der Waals surface area contributed by atoms with Crippen molar-refractivity contribution in [3.63, 3.8) is 0 Å². The van der Waals surface area contributed by atoms with Crippen molar-refractivity contribution >= 4 is 15.9 Å². The zero-order valence-corrected chi connectivity index (χ0v) is 14.2. The number of benzene rings is 2. The van der Waals surface area contributed by atoms with Gasteiger partial charge in [-0.3, -0.25) is 0 Å². The van der Waals surface area contributed by atoms with Crippen LogP contribution in [-0.4, -0.2) is 6.54 Å². The molecule has 1 unspecified atom stereocenters. The standard InChI is InChI=1S/C18H22BrN/c1-5-20-18(15-7-6-14(4)17(19)11-15)16-9-12(2)8-13(3)10-16/h6-11,18,20H,5H2,1-4H3. The van der Waals surface area contributed by atoms with Gasteiger partial charge in [-0.25, -0.2) is 0 Å². The van der Waals surface area contributed by atoms with Crippen LogP contribution < -0.4 is 5.32 Å². The van der Waals surface area contributed by atoms with E-state index in [1.807, 2.05) is 0 Å². The van der Waals surface area contributed by atoms with E-state index in [9.17, 15) is 0 Å². The molecule has 0 fully saturated rings. The Balaban J connectivity index is 2.46. The second kappa shape index (κ2) is 6.55. The third-order valence-electron chi connectivity index (χ3n) is 3.51. The predicted molar refractivity (Wildman–Crippen MR) is 90.3 cm³/mol. The summed E-state index contributed by atoms with van der Waals surface area (Å²) in [6.07, 6.45) is 0. The third kappa shape index (κ3) is 3.50. The fourth-order valence-electron chi connectivity index (χ4n) is 2.60. The number of hydrogen-bond acceptors (Lipinski definition) is 1. The predicted octanol–water partition coefficient (Wildman–Crippen LogP) is 5.07. The Kier molecular flexibility index (Phi) is 5.00. The number of rotatable bonds is 4. The fraction of sp³-hybridized carbons (Fsp3) is 0.333. The van der Waals surface area contributed by atoms with Crippen molar-refractivity contribution in [3.8, 4) is 0 Å². The first-order chi connectivity index (χ1) is 9.51. The van der Waals surface area contributed by atoms with E-state index in [-0.39, 0.29) is 6.04 Å². The van der Waals surface area contributed by atoms with E-state index >= 15 is 0 Å². The van der Waals surface area contributed by atoms with Crippen molar-refractivity contribution in [2.75, 3.05) is 6.54 Å². The lowest BCUT2D eigenvalue weighted by molar-refractivity contribution is 0.629. The molecule has 2 aromatic carbocycles. The van der Waals surface area contributed by atoms with Gasteiger partial charge in [-0.1, -0.05) is 64.3 Å². The zero-order chi connectivity index (χ0) is 14.7. The number of hydrogen-bond donors (Lipinski definition) is 1. The molecular formula is C18H22BrN.